The van der Waals surface area contributed by atoms with Crippen LogP contribution in [0.15, 0.2) is 0 Å². The van der Waals surface area contributed by atoms with Gasteiger partial charge in [0.1, 0.15) is 0 Å². The minimum atomic E-state index is -0.0148. The number of ether oxygens (including phenoxy) is 3. The molecule has 16 heavy (non-hydrogen) atoms. The standard InChI is InChI=1S/C10H17N3O3/c1-6(2)15-9-11-8(14-5)12-10(13-9)16-7(3)4/h6-7H,1-5H3. The predicted octanol–water partition coefficient (Wildman–Crippen LogP) is 1.45. The molecule has 6 heteroatoms. The van der Waals surface area contributed by atoms with Crippen LogP contribution in [0, 0.1) is 0 Å². The van der Waals surface area contributed by atoms with Crippen LogP contribution < -0.4 is 14.2 Å². The third kappa shape index (κ3) is 3.88. The minimum Gasteiger partial charge on any atom is -0.467 e. The fraction of sp³-hybridized carbons (Fsp3) is 0.700. The van der Waals surface area contributed by atoms with Crippen molar-refractivity contribution in [2.45, 2.75) is 39.9 Å². The van der Waals surface area contributed by atoms with Gasteiger partial charge in [0.05, 0.1) is 19.3 Å². The molecule has 0 unspecified atom stereocenters. The monoisotopic (exact) mass is 227 g/mol. The van der Waals surface area contributed by atoms with Crippen molar-refractivity contribution < 1.29 is 14.2 Å². The van der Waals surface area contributed by atoms with Crippen LogP contribution in [-0.2, 0) is 0 Å². The van der Waals surface area contributed by atoms with Crippen molar-refractivity contribution in [3.05, 3.63) is 0 Å². The van der Waals surface area contributed by atoms with Crippen molar-refractivity contribution in [1.82, 2.24) is 15.0 Å². The topological polar surface area (TPSA) is 66.4 Å². The highest BCUT2D eigenvalue weighted by Gasteiger charge is 2.11. The summed E-state index contributed by atoms with van der Waals surface area (Å²) in [6, 6.07) is 0.594. The number of aromatic nitrogens is 3. The van der Waals surface area contributed by atoms with Crippen LogP contribution in [-0.4, -0.2) is 34.3 Å². The summed E-state index contributed by atoms with van der Waals surface area (Å²) in [5.41, 5.74) is 0. The van der Waals surface area contributed by atoms with E-state index in [9.17, 15) is 0 Å². The lowest BCUT2D eigenvalue weighted by molar-refractivity contribution is 0.190. The second kappa shape index (κ2) is 5.48. The molecule has 0 fully saturated rings. The van der Waals surface area contributed by atoms with Gasteiger partial charge in [-0.25, -0.2) is 0 Å². The second-order valence-corrected chi connectivity index (χ2v) is 3.72. The van der Waals surface area contributed by atoms with Gasteiger partial charge >= 0.3 is 18.0 Å². The van der Waals surface area contributed by atoms with E-state index in [1.165, 1.54) is 7.11 Å². The van der Waals surface area contributed by atoms with Crippen LogP contribution >= 0.6 is 0 Å². The summed E-state index contributed by atoms with van der Waals surface area (Å²) < 4.78 is 15.6. The van der Waals surface area contributed by atoms with Crippen LogP contribution in [0.4, 0.5) is 0 Å². The molecule has 0 radical (unpaired) electrons. The Morgan fingerprint density at radius 3 is 1.44 bits per heavy atom. The average Bonchev–Trinajstić information content (AvgIpc) is 2.14. The van der Waals surface area contributed by atoms with Gasteiger partial charge in [-0.1, -0.05) is 0 Å². The van der Waals surface area contributed by atoms with Gasteiger partial charge in [0.2, 0.25) is 0 Å². The Morgan fingerprint density at radius 1 is 0.750 bits per heavy atom. The molecule has 0 aliphatic carbocycles. The average molecular weight is 227 g/mol. The highest BCUT2D eigenvalue weighted by Crippen LogP contribution is 2.16. The Morgan fingerprint density at radius 2 is 1.12 bits per heavy atom. The molecule has 6 nitrogen and oxygen atoms in total. The Labute approximate surface area is 95.0 Å². The largest absolute Gasteiger partial charge is 0.467 e. The van der Waals surface area contributed by atoms with Gasteiger partial charge in [-0.15, -0.1) is 15.0 Å². The first-order valence-electron chi connectivity index (χ1n) is 5.14. The zero-order valence-electron chi connectivity index (χ0n) is 10.2. The summed E-state index contributed by atoms with van der Waals surface area (Å²) in [5.74, 6) is 0. The van der Waals surface area contributed by atoms with Crippen LogP contribution in [0.2, 0.25) is 0 Å². The second-order valence-electron chi connectivity index (χ2n) is 3.72. The molecule has 1 rings (SSSR count). The molecule has 1 aromatic rings. The highest BCUT2D eigenvalue weighted by molar-refractivity contribution is 5.09. The molecule has 0 aliphatic rings. The predicted molar refractivity (Wildman–Crippen MR) is 57.9 cm³/mol. The van der Waals surface area contributed by atoms with E-state index in [0.29, 0.717) is 0 Å². The summed E-state index contributed by atoms with van der Waals surface area (Å²) in [6.07, 6.45) is -0.0296. The molecule has 0 saturated carbocycles. The van der Waals surface area contributed by atoms with Crippen molar-refractivity contribution in [2.75, 3.05) is 7.11 Å². The smallest absolute Gasteiger partial charge is 0.326 e. The number of methoxy groups -OCH3 is 1. The maximum absolute atomic E-state index is 5.36. The number of hydrogen-bond donors (Lipinski definition) is 0. The first-order chi connectivity index (χ1) is 7.51. The number of nitrogens with zero attached hydrogens (tertiary/aromatic N) is 3. The van der Waals surface area contributed by atoms with Gasteiger partial charge in [-0.2, -0.15) is 0 Å². The molecular formula is C10H17N3O3. The van der Waals surface area contributed by atoms with E-state index in [2.05, 4.69) is 15.0 Å². The molecular weight excluding hydrogens is 210 g/mol. The van der Waals surface area contributed by atoms with Crippen molar-refractivity contribution in [3.63, 3.8) is 0 Å². The highest BCUT2D eigenvalue weighted by atomic mass is 16.5. The fourth-order valence-electron chi connectivity index (χ4n) is 0.939. The van der Waals surface area contributed by atoms with E-state index in [4.69, 9.17) is 14.2 Å². The summed E-state index contributed by atoms with van der Waals surface area (Å²) in [6.45, 7) is 7.55. The van der Waals surface area contributed by atoms with Gasteiger partial charge in [0.25, 0.3) is 0 Å². The third-order valence-electron chi connectivity index (χ3n) is 1.44. The molecule has 0 amide bonds. The molecule has 1 heterocycles. The van der Waals surface area contributed by atoms with E-state index in [1.54, 1.807) is 0 Å². The zero-order valence-corrected chi connectivity index (χ0v) is 10.2. The van der Waals surface area contributed by atoms with Gasteiger partial charge in [0.15, 0.2) is 0 Å². The van der Waals surface area contributed by atoms with Crippen molar-refractivity contribution in [3.8, 4) is 18.0 Å². The molecule has 0 spiro atoms. The minimum absolute atomic E-state index is 0.0148. The quantitative estimate of drug-likeness (QED) is 0.758. The molecule has 0 saturated heterocycles. The molecule has 1 aromatic heterocycles. The van der Waals surface area contributed by atoms with E-state index in [-0.39, 0.29) is 30.2 Å². The van der Waals surface area contributed by atoms with Gasteiger partial charge < -0.3 is 14.2 Å². The molecule has 0 bridgehead atoms. The number of rotatable bonds is 5. The lowest BCUT2D eigenvalue weighted by atomic mass is 10.5. The number of hydrogen-bond acceptors (Lipinski definition) is 6. The molecule has 0 atom stereocenters. The lowest BCUT2D eigenvalue weighted by Crippen LogP contribution is -2.13. The first kappa shape index (κ1) is 12.5. The Bertz CT molecular complexity index is 314. The Balaban J connectivity index is 2.91. The van der Waals surface area contributed by atoms with Gasteiger partial charge in [0, 0.05) is 0 Å². The molecule has 0 aliphatic heterocycles. The van der Waals surface area contributed by atoms with E-state index < -0.39 is 0 Å². The van der Waals surface area contributed by atoms with Crippen LogP contribution in [0.1, 0.15) is 27.7 Å². The van der Waals surface area contributed by atoms with Crippen LogP contribution in [0.3, 0.4) is 0 Å². The van der Waals surface area contributed by atoms with Gasteiger partial charge in [-0.05, 0) is 27.7 Å². The molecule has 0 N–H and O–H groups in total. The third-order valence-corrected chi connectivity index (χ3v) is 1.44. The van der Waals surface area contributed by atoms with E-state index >= 15 is 0 Å². The Kier molecular flexibility index (Phi) is 4.28. The summed E-state index contributed by atoms with van der Waals surface area (Å²) in [7, 11) is 1.48. The SMILES string of the molecule is COc1nc(OC(C)C)nc(OC(C)C)n1. The summed E-state index contributed by atoms with van der Waals surface area (Å²) in [4.78, 5) is 11.9. The van der Waals surface area contributed by atoms with Crippen molar-refractivity contribution >= 4 is 0 Å². The van der Waals surface area contributed by atoms with E-state index in [0.717, 1.165) is 0 Å². The van der Waals surface area contributed by atoms with Gasteiger partial charge in [-0.3, -0.25) is 0 Å². The van der Waals surface area contributed by atoms with Crippen molar-refractivity contribution in [2.24, 2.45) is 0 Å². The summed E-state index contributed by atoms with van der Waals surface area (Å²) >= 11 is 0. The molecule has 0 aromatic carbocycles. The van der Waals surface area contributed by atoms with Crippen LogP contribution in [0.25, 0.3) is 0 Å². The fourth-order valence-corrected chi connectivity index (χ4v) is 0.939. The van der Waals surface area contributed by atoms with E-state index in [1.807, 2.05) is 27.7 Å². The summed E-state index contributed by atoms with van der Waals surface area (Å²) in [5, 5.41) is 0. The first-order valence-corrected chi connectivity index (χ1v) is 5.14. The lowest BCUT2D eigenvalue weighted by Gasteiger charge is -2.11. The Hall–Kier alpha value is -1.59. The van der Waals surface area contributed by atoms with Crippen LogP contribution in [0.5, 0.6) is 18.0 Å². The maximum Gasteiger partial charge on any atom is 0.326 e. The molecule has 90 valence electrons. The zero-order chi connectivity index (χ0) is 12.1. The normalized spacial score (nSPS) is 10.7. The maximum atomic E-state index is 5.36. The van der Waals surface area contributed by atoms with Crippen molar-refractivity contribution in [1.29, 1.82) is 0 Å².